The number of carbonyl (C=O) groups excluding carboxylic acids is 2. The summed E-state index contributed by atoms with van der Waals surface area (Å²) in [7, 11) is 0. The summed E-state index contributed by atoms with van der Waals surface area (Å²) in [4.78, 5) is 33.7. The van der Waals surface area contributed by atoms with Crippen molar-refractivity contribution in [3.8, 4) is 0 Å². The van der Waals surface area contributed by atoms with Crippen molar-refractivity contribution in [2.24, 2.45) is 0 Å². The van der Waals surface area contributed by atoms with Crippen LogP contribution in [0.5, 0.6) is 0 Å². The van der Waals surface area contributed by atoms with E-state index in [0.29, 0.717) is 5.02 Å². The Hall–Kier alpha value is -2.93. The lowest BCUT2D eigenvalue weighted by Crippen LogP contribution is -2.42. The Labute approximate surface area is 136 Å². The van der Waals surface area contributed by atoms with Crippen LogP contribution in [0.2, 0.25) is 5.02 Å². The molecule has 0 spiro atoms. The molecule has 2 aromatic carbocycles. The fourth-order valence-electron chi connectivity index (χ4n) is 1.79. The third-order valence-corrected chi connectivity index (χ3v) is 3.16. The maximum atomic E-state index is 11.9. The highest BCUT2D eigenvalue weighted by molar-refractivity contribution is 6.30. The standard InChI is InChI=1S/C15H12ClN3O4/c16-12-6-4-10(5-7-12)8-14(20)17-18-15(21)11-2-1-3-13(9-11)19(22)23/h1-7,9H,8H2,(H,17,20)(H,18,21). The fraction of sp³-hybridized carbons (Fsp3) is 0.0667. The molecule has 7 nitrogen and oxygen atoms in total. The third-order valence-electron chi connectivity index (χ3n) is 2.91. The molecule has 23 heavy (non-hydrogen) atoms. The number of halogens is 1. The van der Waals surface area contributed by atoms with Gasteiger partial charge in [0.1, 0.15) is 0 Å². The van der Waals surface area contributed by atoms with Crippen LogP contribution in [0.15, 0.2) is 48.5 Å². The number of rotatable bonds is 4. The van der Waals surface area contributed by atoms with Crippen molar-refractivity contribution in [3.05, 3.63) is 74.8 Å². The molecule has 0 heterocycles. The topological polar surface area (TPSA) is 101 Å². The molecule has 2 rings (SSSR count). The van der Waals surface area contributed by atoms with Gasteiger partial charge in [0.05, 0.1) is 11.3 Å². The Morgan fingerprint density at radius 3 is 2.43 bits per heavy atom. The summed E-state index contributed by atoms with van der Waals surface area (Å²) in [5.41, 5.74) is 5.07. The Morgan fingerprint density at radius 1 is 1.09 bits per heavy atom. The smallest absolute Gasteiger partial charge is 0.270 e. The Balaban J connectivity index is 1.91. The predicted octanol–water partition coefficient (Wildman–Crippen LogP) is 2.25. The highest BCUT2D eigenvalue weighted by atomic mass is 35.5. The van der Waals surface area contributed by atoms with Crippen molar-refractivity contribution in [1.29, 1.82) is 0 Å². The molecule has 0 aliphatic rings. The predicted molar refractivity (Wildman–Crippen MR) is 83.9 cm³/mol. The molecular weight excluding hydrogens is 322 g/mol. The first-order chi connectivity index (χ1) is 11.0. The number of non-ortho nitro benzene ring substituents is 1. The summed E-state index contributed by atoms with van der Waals surface area (Å²) < 4.78 is 0. The van der Waals surface area contributed by atoms with Gasteiger partial charge in [-0.05, 0) is 23.8 Å². The number of nitrogens with one attached hydrogen (secondary N) is 2. The maximum Gasteiger partial charge on any atom is 0.270 e. The molecule has 2 amide bonds. The van der Waals surface area contributed by atoms with Crippen LogP contribution in [-0.2, 0) is 11.2 Å². The van der Waals surface area contributed by atoms with Gasteiger partial charge in [-0.3, -0.25) is 30.6 Å². The second-order valence-electron chi connectivity index (χ2n) is 4.61. The number of nitro groups is 1. The summed E-state index contributed by atoms with van der Waals surface area (Å²) in [6, 6.07) is 11.9. The molecule has 0 saturated heterocycles. The first-order valence-electron chi connectivity index (χ1n) is 6.54. The Bertz CT molecular complexity index is 747. The minimum atomic E-state index is -0.641. The Kier molecular flexibility index (Phi) is 5.27. The molecule has 8 heteroatoms. The van der Waals surface area contributed by atoms with E-state index in [1.54, 1.807) is 24.3 Å². The fourth-order valence-corrected chi connectivity index (χ4v) is 1.92. The zero-order valence-electron chi connectivity index (χ0n) is 11.8. The molecule has 0 aliphatic heterocycles. The minimum Gasteiger partial charge on any atom is -0.273 e. The molecule has 0 fully saturated rings. The number of hydrogen-bond donors (Lipinski definition) is 2. The third kappa shape index (κ3) is 4.79. The van der Waals surface area contributed by atoms with Crippen LogP contribution >= 0.6 is 11.6 Å². The number of amides is 2. The molecule has 0 radical (unpaired) electrons. The summed E-state index contributed by atoms with van der Waals surface area (Å²) in [6.45, 7) is 0. The maximum absolute atomic E-state index is 11.9. The summed E-state index contributed by atoms with van der Waals surface area (Å²) in [5, 5.41) is 11.2. The van der Waals surface area contributed by atoms with Crippen molar-refractivity contribution >= 4 is 29.1 Å². The summed E-state index contributed by atoms with van der Waals surface area (Å²) in [5.74, 6) is -1.07. The van der Waals surface area contributed by atoms with Crippen molar-refractivity contribution in [1.82, 2.24) is 10.9 Å². The SMILES string of the molecule is O=C(Cc1ccc(Cl)cc1)NNC(=O)c1cccc([N+](=O)[O-])c1. The van der Waals surface area contributed by atoms with Gasteiger partial charge in [-0.25, -0.2) is 0 Å². The summed E-state index contributed by atoms with van der Waals surface area (Å²) >= 11 is 5.75. The van der Waals surface area contributed by atoms with E-state index in [2.05, 4.69) is 10.9 Å². The minimum absolute atomic E-state index is 0.0619. The lowest BCUT2D eigenvalue weighted by atomic mass is 10.1. The van der Waals surface area contributed by atoms with E-state index in [9.17, 15) is 19.7 Å². The number of benzene rings is 2. The van der Waals surface area contributed by atoms with E-state index in [-0.39, 0.29) is 17.7 Å². The van der Waals surface area contributed by atoms with Crippen LogP contribution in [0.4, 0.5) is 5.69 Å². The largest absolute Gasteiger partial charge is 0.273 e. The van der Waals surface area contributed by atoms with E-state index >= 15 is 0 Å². The number of nitro benzene ring substituents is 1. The van der Waals surface area contributed by atoms with E-state index < -0.39 is 16.7 Å². The van der Waals surface area contributed by atoms with E-state index in [4.69, 9.17) is 11.6 Å². The van der Waals surface area contributed by atoms with E-state index in [0.717, 1.165) is 11.6 Å². The quantitative estimate of drug-likeness (QED) is 0.661. The van der Waals surface area contributed by atoms with Gasteiger partial charge in [0.2, 0.25) is 5.91 Å². The average molecular weight is 334 g/mol. The molecule has 0 unspecified atom stereocenters. The molecule has 118 valence electrons. The lowest BCUT2D eigenvalue weighted by molar-refractivity contribution is -0.384. The average Bonchev–Trinajstić information content (AvgIpc) is 2.55. The second kappa shape index (κ2) is 7.37. The van der Waals surface area contributed by atoms with Gasteiger partial charge in [-0.15, -0.1) is 0 Å². The van der Waals surface area contributed by atoms with Gasteiger partial charge < -0.3 is 0 Å². The number of carbonyl (C=O) groups is 2. The highest BCUT2D eigenvalue weighted by Gasteiger charge is 2.12. The second-order valence-corrected chi connectivity index (χ2v) is 5.05. The van der Waals surface area contributed by atoms with Gasteiger partial charge in [0.25, 0.3) is 11.6 Å². The lowest BCUT2D eigenvalue weighted by Gasteiger charge is -2.07. The van der Waals surface area contributed by atoms with Crippen molar-refractivity contribution in [2.45, 2.75) is 6.42 Å². The molecule has 2 N–H and O–H groups in total. The number of hydrogen-bond acceptors (Lipinski definition) is 4. The molecule has 0 bridgehead atoms. The zero-order valence-corrected chi connectivity index (χ0v) is 12.5. The zero-order chi connectivity index (χ0) is 16.8. The molecule has 0 saturated carbocycles. The van der Waals surface area contributed by atoms with E-state index in [1.807, 2.05) is 0 Å². The van der Waals surface area contributed by atoms with Crippen LogP contribution in [0, 0.1) is 10.1 Å². The molecule has 0 aliphatic carbocycles. The van der Waals surface area contributed by atoms with Gasteiger partial charge in [-0.1, -0.05) is 29.8 Å². The van der Waals surface area contributed by atoms with Crippen molar-refractivity contribution < 1.29 is 14.5 Å². The van der Waals surface area contributed by atoms with Gasteiger partial charge >= 0.3 is 0 Å². The number of nitrogens with zero attached hydrogens (tertiary/aromatic N) is 1. The van der Waals surface area contributed by atoms with Crippen LogP contribution in [0.25, 0.3) is 0 Å². The Morgan fingerprint density at radius 2 is 1.78 bits per heavy atom. The first-order valence-corrected chi connectivity index (χ1v) is 6.91. The molecule has 2 aromatic rings. The van der Waals surface area contributed by atoms with Gasteiger partial charge in [-0.2, -0.15) is 0 Å². The van der Waals surface area contributed by atoms with Gasteiger partial charge in [0, 0.05) is 22.7 Å². The van der Waals surface area contributed by atoms with Crippen LogP contribution in [0.3, 0.4) is 0 Å². The van der Waals surface area contributed by atoms with E-state index in [1.165, 1.54) is 18.2 Å². The molecule has 0 aromatic heterocycles. The number of hydrazine groups is 1. The highest BCUT2D eigenvalue weighted by Crippen LogP contribution is 2.13. The van der Waals surface area contributed by atoms with Crippen molar-refractivity contribution in [2.75, 3.05) is 0 Å². The first kappa shape index (κ1) is 16.4. The van der Waals surface area contributed by atoms with Crippen LogP contribution in [0.1, 0.15) is 15.9 Å². The van der Waals surface area contributed by atoms with Gasteiger partial charge in [0.15, 0.2) is 0 Å². The monoisotopic (exact) mass is 333 g/mol. The summed E-state index contributed by atoms with van der Waals surface area (Å²) in [6.07, 6.45) is 0.0619. The van der Waals surface area contributed by atoms with Crippen LogP contribution < -0.4 is 10.9 Å². The van der Waals surface area contributed by atoms with Crippen molar-refractivity contribution in [3.63, 3.8) is 0 Å². The normalized spacial score (nSPS) is 9.96. The molecular formula is C15H12ClN3O4. The van der Waals surface area contributed by atoms with Crippen LogP contribution in [-0.4, -0.2) is 16.7 Å². The molecule has 0 atom stereocenters.